The van der Waals surface area contributed by atoms with E-state index >= 15 is 0 Å². The van der Waals surface area contributed by atoms with Gasteiger partial charge in [-0.1, -0.05) is 26.0 Å². The molecule has 1 unspecified atom stereocenters. The van der Waals surface area contributed by atoms with Gasteiger partial charge >= 0.3 is 0 Å². The first-order chi connectivity index (χ1) is 12.8. The van der Waals surface area contributed by atoms with Gasteiger partial charge in [0, 0.05) is 12.2 Å². The molecule has 7 heteroatoms. The molecular formula is C20H23FN2O3S. The molecule has 1 amide bonds. The molecule has 1 N–H and O–H groups in total. The van der Waals surface area contributed by atoms with E-state index in [1.54, 1.807) is 36.4 Å². The monoisotopic (exact) mass is 390 g/mol. The van der Waals surface area contributed by atoms with Crippen LogP contribution in [0.4, 0.5) is 15.8 Å². The topological polar surface area (TPSA) is 66.5 Å². The molecule has 0 aliphatic carbocycles. The summed E-state index contributed by atoms with van der Waals surface area (Å²) < 4.78 is 38.6. The summed E-state index contributed by atoms with van der Waals surface area (Å²) in [5.74, 6) is -0.736. The number of rotatable bonds is 5. The molecule has 1 fully saturated rings. The predicted molar refractivity (Wildman–Crippen MR) is 105 cm³/mol. The molecule has 3 rings (SSSR count). The zero-order valence-electron chi connectivity index (χ0n) is 15.4. The van der Waals surface area contributed by atoms with E-state index in [0.717, 1.165) is 5.56 Å². The van der Waals surface area contributed by atoms with Gasteiger partial charge in [0.05, 0.1) is 17.4 Å². The van der Waals surface area contributed by atoms with Crippen LogP contribution in [0, 0.1) is 11.7 Å². The third-order valence-electron chi connectivity index (χ3n) is 4.70. The first-order valence-electron chi connectivity index (χ1n) is 8.95. The summed E-state index contributed by atoms with van der Waals surface area (Å²) in [5, 5.41) is 2.87. The Bertz CT molecular complexity index is 909. The van der Waals surface area contributed by atoms with Crippen molar-refractivity contribution >= 4 is 27.3 Å². The maximum absolute atomic E-state index is 13.2. The Morgan fingerprint density at radius 3 is 2.22 bits per heavy atom. The van der Waals surface area contributed by atoms with Gasteiger partial charge < -0.3 is 5.32 Å². The lowest BCUT2D eigenvalue weighted by atomic mass is 9.87. The van der Waals surface area contributed by atoms with Crippen LogP contribution in [-0.2, 0) is 14.8 Å². The van der Waals surface area contributed by atoms with Crippen LogP contribution in [0.15, 0.2) is 48.5 Å². The second-order valence-electron chi connectivity index (χ2n) is 7.05. The highest BCUT2D eigenvalue weighted by Gasteiger charge is 2.28. The maximum Gasteiger partial charge on any atom is 0.235 e. The molecule has 27 heavy (non-hydrogen) atoms. The molecule has 1 saturated heterocycles. The summed E-state index contributed by atoms with van der Waals surface area (Å²) >= 11 is 0. The van der Waals surface area contributed by atoms with E-state index in [-0.39, 0.29) is 23.4 Å². The van der Waals surface area contributed by atoms with E-state index in [9.17, 15) is 17.6 Å². The van der Waals surface area contributed by atoms with E-state index in [4.69, 9.17) is 0 Å². The molecule has 0 bridgehead atoms. The summed E-state index contributed by atoms with van der Waals surface area (Å²) in [5.41, 5.74) is 1.95. The van der Waals surface area contributed by atoms with Crippen molar-refractivity contribution in [2.45, 2.75) is 26.2 Å². The highest BCUT2D eigenvalue weighted by atomic mass is 32.2. The van der Waals surface area contributed by atoms with Gasteiger partial charge in [0.2, 0.25) is 15.9 Å². The average molecular weight is 390 g/mol. The van der Waals surface area contributed by atoms with Crippen LogP contribution in [0.3, 0.4) is 0 Å². The Morgan fingerprint density at radius 1 is 1.07 bits per heavy atom. The zero-order valence-corrected chi connectivity index (χ0v) is 16.2. The summed E-state index contributed by atoms with van der Waals surface area (Å²) in [6.07, 6.45) is 0.620. The minimum absolute atomic E-state index is 0.0319. The number of anilines is 2. The molecular weight excluding hydrogens is 367 g/mol. The van der Waals surface area contributed by atoms with Crippen LogP contribution in [-0.4, -0.2) is 26.6 Å². The predicted octanol–water partition coefficient (Wildman–Crippen LogP) is 3.74. The fourth-order valence-corrected chi connectivity index (χ4v) is 4.93. The average Bonchev–Trinajstić information content (AvgIpc) is 2.96. The molecule has 0 spiro atoms. The molecule has 2 aromatic carbocycles. The molecule has 1 heterocycles. The van der Waals surface area contributed by atoms with Gasteiger partial charge in [-0.2, -0.15) is 0 Å². The number of hydrogen-bond donors (Lipinski definition) is 1. The molecule has 0 radical (unpaired) electrons. The minimum Gasteiger partial charge on any atom is -0.326 e. The minimum atomic E-state index is -3.22. The van der Waals surface area contributed by atoms with E-state index < -0.39 is 15.9 Å². The summed E-state index contributed by atoms with van der Waals surface area (Å²) in [6.45, 7) is 4.36. The van der Waals surface area contributed by atoms with Gasteiger partial charge in [0.15, 0.2) is 0 Å². The van der Waals surface area contributed by atoms with Crippen molar-refractivity contribution in [2.24, 2.45) is 5.92 Å². The zero-order chi connectivity index (χ0) is 19.6. The van der Waals surface area contributed by atoms with Crippen molar-refractivity contribution in [3.63, 3.8) is 0 Å². The Morgan fingerprint density at radius 2 is 1.70 bits per heavy atom. The number of amides is 1. The first-order valence-corrected chi connectivity index (χ1v) is 10.6. The van der Waals surface area contributed by atoms with E-state index in [2.05, 4.69) is 5.32 Å². The lowest BCUT2D eigenvalue weighted by Crippen LogP contribution is -2.26. The maximum atomic E-state index is 13.2. The van der Waals surface area contributed by atoms with Crippen LogP contribution in [0.5, 0.6) is 0 Å². The Labute approximate surface area is 159 Å². The molecule has 0 saturated carbocycles. The van der Waals surface area contributed by atoms with Gasteiger partial charge in [-0.25, -0.2) is 12.8 Å². The largest absolute Gasteiger partial charge is 0.326 e. The number of hydrogen-bond acceptors (Lipinski definition) is 3. The summed E-state index contributed by atoms with van der Waals surface area (Å²) in [6, 6.07) is 12.7. The quantitative estimate of drug-likeness (QED) is 0.846. The van der Waals surface area contributed by atoms with E-state index in [1.807, 2.05) is 13.8 Å². The van der Waals surface area contributed by atoms with Crippen molar-refractivity contribution in [2.75, 3.05) is 21.9 Å². The fraction of sp³-hybridized carbons (Fsp3) is 0.350. The van der Waals surface area contributed by atoms with Gasteiger partial charge in [-0.15, -0.1) is 0 Å². The van der Waals surface area contributed by atoms with Crippen LogP contribution in [0.1, 0.15) is 31.7 Å². The highest BCUT2D eigenvalue weighted by molar-refractivity contribution is 7.93. The molecule has 144 valence electrons. The van der Waals surface area contributed by atoms with Gasteiger partial charge in [-0.05, 0) is 54.3 Å². The molecule has 1 aliphatic rings. The second-order valence-corrected chi connectivity index (χ2v) is 9.06. The number of sulfonamides is 1. The van der Waals surface area contributed by atoms with Crippen LogP contribution in [0.25, 0.3) is 0 Å². The number of nitrogens with one attached hydrogen (secondary N) is 1. The van der Waals surface area contributed by atoms with Crippen LogP contribution < -0.4 is 9.62 Å². The van der Waals surface area contributed by atoms with Crippen molar-refractivity contribution in [3.05, 3.63) is 59.9 Å². The number of nitrogens with zero attached hydrogens (tertiary/aromatic N) is 1. The van der Waals surface area contributed by atoms with Crippen LogP contribution >= 0.6 is 0 Å². The second kappa shape index (κ2) is 7.68. The molecule has 5 nitrogen and oxygen atoms in total. The SMILES string of the molecule is CC(C)C(C(=O)Nc1ccc(N2CCCS2(=O)=O)cc1)c1ccc(F)cc1. The van der Waals surface area contributed by atoms with Crippen molar-refractivity contribution < 1.29 is 17.6 Å². The number of carbonyl (C=O) groups is 1. The Balaban J connectivity index is 1.75. The van der Waals surface area contributed by atoms with E-state index in [1.165, 1.54) is 16.4 Å². The molecule has 1 aliphatic heterocycles. The fourth-order valence-electron chi connectivity index (χ4n) is 3.37. The summed E-state index contributed by atoms with van der Waals surface area (Å²) in [7, 11) is -3.22. The van der Waals surface area contributed by atoms with Gasteiger partial charge in [0.25, 0.3) is 0 Å². The summed E-state index contributed by atoms with van der Waals surface area (Å²) in [4.78, 5) is 12.8. The lowest BCUT2D eigenvalue weighted by Gasteiger charge is -2.21. The molecule has 0 aromatic heterocycles. The smallest absolute Gasteiger partial charge is 0.235 e. The molecule has 2 aromatic rings. The molecule has 1 atom stereocenters. The first kappa shape index (κ1) is 19.4. The van der Waals surface area contributed by atoms with Gasteiger partial charge in [-0.3, -0.25) is 9.10 Å². The van der Waals surface area contributed by atoms with Crippen molar-refractivity contribution in [1.29, 1.82) is 0 Å². The highest BCUT2D eigenvalue weighted by Crippen LogP contribution is 2.28. The van der Waals surface area contributed by atoms with Crippen molar-refractivity contribution in [3.8, 4) is 0 Å². The standard InChI is InChI=1S/C20H23FN2O3S/c1-14(2)19(15-4-6-16(21)7-5-15)20(24)22-17-8-10-18(11-9-17)23-12-3-13-27(23,25)26/h4-11,14,19H,3,12-13H2,1-2H3,(H,22,24). The third kappa shape index (κ3) is 4.30. The third-order valence-corrected chi connectivity index (χ3v) is 6.57. The number of carbonyl (C=O) groups excluding carboxylic acids is 1. The van der Waals surface area contributed by atoms with Gasteiger partial charge in [0.1, 0.15) is 5.82 Å². The number of halogens is 1. The normalized spacial score (nSPS) is 17.1. The van der Waals surface area contributed by atoms with Crippen LogP contribution in [0.2, 0.25) is 0 Å². The van der Waals surface area contributed by atoms with Crippen molar-refractivity contribution in [1.82, 2.24) is 0 Å². The Kier molecular flexibility index (Phi) is 5.51. The lowest BCUT2D eigenvalue weighted by molar-refractivity contribution is -0.118. The number of benzene rings is 2. The van der Waals surface area contributed by atoms with E-state index in [0.29, 0.717) is 24.3 Å². The Hall–Kier alpha value is -2.41.